The summed E-state index contributed by atoms with van der Waals surface area (Å²) < 4.78 is 0. The Morgan fingerprint density at radius 3 is 1.61 bits per heavy atom. The molecule has 8 bridgehead atoms. The predicted octanol–water partition coefficient (Wildman–Crippen LogP) is 5.51. The number of aromatic carboxylic acids is 2. The van der Waals surface area contributed by atoms with Gasteiger partial charge < -0.3 is 10.2 Å². The second kappa shape index (κ2) is 5.37. The molecular formula is C29H28O4. The molecule has 9 fully saturated rings. The Morgan fingerprint density at radius 1 is 0.636 bits per heavy atom. The van der Waals surface area contributed by atoms with Crippen molar-refractivity contribution in [1.82, 2.24) is 0 Å². The number of carboxylic acids is 2. The maximum absolute atomic E-state index is 11.4. The number of hydrogen-bond acceptors (Lipinski definition) is 2. The summed E-state index contributed by atoms with van der Waals surface area (Å²) in [4.78, 5) is 22.7. The van der Waals surface area contributed by atoms with E-state index in [4.69, 9.17) is 0 Å². The van der Waals surface area contributed by atoms with Crippen molar-refractivity contribution in [3.05, 3.63) is 70.8 Å². The van der Waals surface area contributed by atoms with Gasteiger partial charge in [-0.1, -0.05) is 24.3 Å². The first-order valence-corrected chi connectivity index (χ1v) is 12.5. The lowest BCUT2D eigenvalue weighted by molar-refractivity contribution is -0.398. The van der Waals surface area contributed by atoms with E-state index < -0.39 is 11.9 Å². The number of hydrogen-bond donors (Lipinski definition) is 2. The van der Waals surface area contributed by atoms with Gasteiger partial charge in [0.05, 0.1) is 11.1 Å². The van der Waals surface area contributed by atoms with Gasteiger partial charge >= 0.3 is 11.9 Å². The molecule has 33 heavy (non-hydrogen) atoms. The van der Waals surface area contributed by atoms with Crippen LogP contribution < -0.4 is 0 Å². The lowest BCUT2D eigenvalue weighted by Gasteiger charge is -2.91. The topological polar surface area (TPSA) is 74.6 Å². The van der Waals surface area contributed by atoms with Crippen LogP contribution in [0, 0.1) is 34.5 Å². The minimum absolute atomic E-state index is 0.251. The minimum atomic E-state index is -0.845. The molecular weight excluding hydrogens is 412 g/mol. The first kappa shape index (κ1) is 18.8. The summed E-state index contributed by atoms with van der Waals surface area (Å²) in [7, 11) is 0. The van der Waals surface area contributed by atoms with Gasteiger partial charge in [-0.05, 0) is 126 Å². The van der Waals surface area contributed by atoms with Crippen LogP contribution >= 0.6 is 0 Å². The van der Waals surface area contributed by atoms with Crippen LogP contribution in [0.15, 0.2) is 48.5 Å². The van der Waals surface area contributed by atoms with E-state index >= 15 is 0 Å². The first-order valence-electron chi connectivity index (χ1n) is 12.5. The molecule has 4 nitrogen and oxygen atoms in total. The van der Waals surface area contributed by atoms with Crippen molar-refractivity contribution in [3.8, 4) is 0 Å². The molecule has 11 rings (SSSR count). The highest BCUT2D eigenvalue weighted by Gasteiger charge is 2.86. The quantitative estimate of drug-likeness (QED) is 0.658. The van der Waals surface area contributed by atoms with Gasteiger partial charge in [0.15, 0.2) is 0 Å². The van der Waals surface area contributed by atoms with Crippen molar-refractivity contribution >= 4 is 11.9 Å². The summed E-state index contributed by atoms with van der Waals surface area (Å²) in [5.41, 5.74) is 5.04. The highest BCUT2D eigenvalue weighted by atomic mass is 16.4. The SMILES string of the molecule is O=C(O)c1ccc(C23CC4C56CC7(c8ccc(C(=O)O)cc8)CC([C@H]5C2)[C@H](C3)C4(C7)C6)cc1. The van der Waals surface area contributed by atoms with Crippen molar-refractivity contribution in [2.75, 3.05) is 0 Å². The summed E-state index contributed by atoms with van der Waals surface area (Å²) in [5.74, 6) is 1.56. The van der Waals surface area contributed by atoms with E-state index in [1.807, 2.05) is 24.3 Å². The fourth-order valence-electron chi connectivity index (χ4n) is 11.3. The smallest absolute Gasteiger partial charge is 0.335 e. The monoisotopic (exact) mass is 440 g/mol. The Bertz CT molecular complexity index is 1190. The second-order valence-electron chi connectivity index (χ2n) is 12.6. The zero-order valence-electron chi connectivity index (χ0n) is 18.6. The third kappa shape index (κ3) is 1.91. The highest BCUT2D eigenvalue weighted by Crippen LogP contribution is 2.93. The summed E-state index contributed by atoms with van der Waals surface area (Å²) >= 11 is 0. The third-order valence-electron chi connectivity index (χ3n) is 11.8. The lowest BCUT2D eigenvalue weighted by Crippen LogP contribution is -2.85. The molecule has 2 aromatic carbocycles. The van der Waals surface area contributed by atoms with Crippen LogP contribution in [0.5, 0.6) is 0 Å². The average Bonchev–Trinajstić information content (AvgIpc) is 2.81. The maximum atomic E-state index is 11.4. The van der Waals surface area contributed by atoms with E-state index in [1.165, 1.54) is 56.1 Å². The second-order valence-corrected chi connectivity index (χ2v) is 12.6. The molecule has 9 aliphatic rings. The van der Waals surface area contributed by atoms with Crippen LogP contribution in [-0.2, 0) is 10.8 Å². The summed E-state index contributed by atoms with van der Waals surface area (Å²) in [6, 6.07) is 15.7. The fraction of sp³-hybridized carbons (Fsp3) is 0.517. The molecule has 6 unspecified atom stereocenters. The minimum Gasteiger partial charge on any atom is -0.478 e. The third-order valence-corrected chi connectivity index (χ3v) is 11.8. The van der Waals surface area contributed by atoms with Crippen molar-refractivity contribution < 1.29 is 19.8 Å². The van der Waals surface area contributed by atoms with Gasteiger partial charge in [0, 0.05) is 0 Å². The van der Waals surface area contributed by atoms with Crippen LogP contribution in [0.3, 0.4) is 0 Å². The van der Waals surface area contributed by atoms with E-state index in [0.717, 1.165) is 23.7 Å². The molecule has 4 heteroatoms. The average molecular weight is 441 g/mol. The van der Waals surface area contributed by atoms with Gasteiger partial charge in [-0.25, -0.2) is 9.59 Å². The van der Waals surface area contributed by atoms with Crippen LogP contribution in [0.4, 0.5) is 0 Å². The molecule has 0 radical (unpaired) electrons. The van der Waals surface area contributed by atoms with E-state index in [9.17, 15) is 19.8 Å². The van der Waals surface area contributed by atoms with Crippen LogP contribution in [0.2, 0.25) is 0 Å². The first-order chi connectivity index (χ1) is 15.8. The lowest BCUT2D eigenvalue weighted by atomic mass is 9.13. The van der Waals surface area contributed by atoms with Gasteiger partial charge in [-0.2, -0.15) is 0 Å². The number of benzene rings is 2. The zero-order chi connectivity index (χ0) is 22.4. The molecule has 0 aliphatic heterocycles. The zero-order valence-corrected chi connectivity index (χ0v) is 18.6. The van der Waals surface area contributed by atoms with Crippen LogP contribution in [0.1, 0.15) is 76.8 Å². The van der Waals surface area contributed by atoms with Crippen LogP contribution in [0.25, 0.3) is 0 Å². The Balaban J connectivity index is 1.18. The summed E-state index contributed by atoms with van der Waals surface area (Å²) in [5, 5.41) is 18.7. The molecule has 2 spiro atoms. The van der Waals surface area contributed by atoms with E-state index in [-0.39, 0.29) is 10.8 Å². The standard InChI is InChI=1S/C29H28O4/c30-24(31)16-1-5-18(6-2-16)26-10-21-20-9-27(19-7-3-17(4-8-19)25(32)33)13-28(21)15-29(14-27,22(20)11-26)23(28)12-26/h1-8,20-23H,9-15H2,(H,30,31)(H,32,33)/t20?,21-,22+,23?,26?,27?,28?,29?. The molecule has 8 atom stereocenters. The fourth-order valence-corrected chi connectivity index (χ4v) is 11.3. The highest BCUT2D eigenvalue weighted by molar-refractivity contribution is 5.88. The number of carbonyl (C=O) groups is 2. The van der Waals surface area contributed by atoms with Crippen molar-refractivity contribution in [2.45, 2.75) is 55.8 Å². The predicted molar refractivity (Wildman–Crippen MR) is 121 cm³/mol. The number of rotatable bonds is 4. The molecule has 9 aliphatic carbocycles. The van der Waals surface area contributed by atoms with Gasteiger partial charge in [0.25, 0.3) is 0 Å². The van der Waals surface area contributed by atoms with Gasteiger partial charge in [-0.15, -0.1) is 0 Å². The number of carboxylic acid groups (broad SMARTS) is 2. The normalized spacial score (nSPS) is 46.9. The Kier molecular flexibility index (Phi) is 3.05. The molecule has 168 valence electrons. The van der Waals surface area contributed by atoms with Gasteiger partial charge in [-0.3, -0.25) is 0 Å². The van der Waals surface area contributed by atoms with Crippen molar-refractivity contribution in [3.63, 3.8) is 0 Å². The largest absolute Gasteiger partial charge is 0.478 e. The summed E-state index contributed by atoms with van der Waals surface area (Å²) in [6.45, 7) is 0. The Hall–Kier alpha value is -2.62. The summed E-state index contributed by atoms with van der Waals surface area (Å²) in [6.07, 6.45) is 9.13. The molecule has 0 amide bonds. The molecule has 2 aromatic rings. The molecule has 9 saturated carbocycles. The van der Waals surface area contributed by atoms with Gasteiger partial charge in [0.2, 0.25) is 0 Å². The van der Waals surface area contributed by atoms with Gasteiger partial charge in [0.1, 0.15) is 0 Å². The van der Waals surface area contributed by atoms with E-state index in [1.54, 1.807) is 0 Å². The Morgan fingerprint density at radius 2 is 1.12 bits per heavy atom. The van der Waals surface area contributed by atoms with Crippen molar-refractivity contribution in [2.24, 2.45) is 34.5 Å². The molecule has 0 aromatic heterocycles. The molecule has 0 heterocycles. The van der Waals surface area contributed by atoms with Crippen molar-refractivity contribution in [1.29, 1.82) is 0 Å². The van der Waals surface area contributed by atoms with E-state index in [0.29, 0.717) is 22.0 Å². The molecule has 0 saturated heterocycles. The Labute approximate surface area is 193 Å². The maximum Gasteiger partial charge on any atom is 0.335 e. The van der Waals surface area contributed by atoms with Crippen LogP contribution in [-0.4, -0.2) is 22.2 Å². The molecule has 2 N–H and O–H groups in total. The van der Waals surface area contributed by atoms with E-state index in [2.05, 4.69) is 24.3 Å².